The minimum Gasteiger partial charge on any atom is -0.394 e. The SMILES string of the molecule is CC1CC(=O)NN1c1ccc(C(N)CO)cc1. The van der Waals surface area contributed by atoms with Crippen molar-refractivity contribution < 1.29 is 9.90 Å². The maximum absolute atomic E-state index is 11.3. The minimum absolute atomic E-state index is 0.0358. The van der Waals surface area contributed by atoms with Crippen molar-refractivity contribution in [1.29, 1.82) is 0 Å². The van der Waals surface area contributed by atoms with Crippen LogP contribution in [0.3, 0.4) is 0 Å². The van der Waals surface area contributed by atoms with Crippen molar-refractivity contribution in [2.45, 2.75) is 25.4 Å². The Labute approximate surface area is 100 Å². The smallest absolute Gasteiger partial charge is 0.240 e. The molecule has 5 nitrogen and oxygen atoms in total. The number of amides is 1. The third-order valence-corrected chi connectivity index (χ3v) is 2.96. The third kappa shape index (κ3) is 2.40. The lowest BCUT2D eigenvalue weighted by Gasteiger charge is -2.23. The van der Waals surface area contributed by atoms with Gasteiger partial charge in [-0.25, -0.2) is 0 Å². The van der Waals surface area contributed by atoms with Gasteiger partial charge in [0.15, 0.2) is 0 Å². The maximum atomic E-state index is 11.3. The van der Waals surface area contributed by atoms with Crippen LogP contribution >= 0.6 is 0 Å². The normalized spacial score (nSPS) is 21.5. The highest BCUT2D eigenvalue weighted by molar-refractivity contribution is 5.82. The van der Waals surface area contributed by atoms with E-state index in [1.54, 1.807) is 0 Å². The second kappa shape index (κ2) is 4.73. The van der Waals surface area contributed by atoms with Crippen LogP contribution in [-0.4, -0.2) is 23.7 Å². The van der Waals surface area contributed by atoms with Gasteiger partial charge in [0.05, 0.1) is 30.8 Å². The summed E-state index contributed by atoms with van der Waals surface area (Å²) in [6, 6.07) is 7.33. The first-order valence-electron chi connectivity index (χ1n) is 5.67. The Kier molecular flexibility index (Phi) is 3.31. The Bertz CT molecular complexity index is 405. The van der Waals surface area contributed by atoms with E-state index in [0.717, 1.165) is 11.3 Å². The molecule has 1 aromatic rings. The molecule has 1 aliphatic heterocycles. The number of nitrogens with two attached hydrogens (primary N) is 1. The molecule has 2 atom stereocenters. The predicted molar refractivity (Wildman–Crippen MR) is 65.2 cm³/mol. The summed E-state index contributed by atoms with van der Waals surface area (Å²) in [4.78, 5) is 11.3. The topological polar surface area (TPSA) is 78.6 Å². The molecule has 0 saturated carbocycles. The molecule has 0 bridgehead atoms. The zero-order chi connectivity index (χ0) is 12.4. The first kappa shape index (κ1) is 11.9. The van der Waals surface area contributed by atoms with Gasteiger partial charge in [-0.15, -0.1) is 0 Å². The number of rotatable bonds is 3. The van der Waals surface area contributed by atoms with Crippen molar-refractivity contribution in [1.82, 2.24) is 5.43 Å². The summed E-state index contributed by atoms with van der Waals surface area (Å²) >= 11 is 0. The molecule has 17 heavy (non-hydrogen) atoms. The zero-order valence-electron chi connectivity index (χ0n) is 9.76. The van der Waals surface area contributed by atoms with Crippen LogP contribution in [0.2, 0.25) is 0 Å². The number of carbonyl (C=O) groups excluding carboxylic acids is 1. The van der Waals surface area contributed by atoms with Crippen molar-refractivity contribution >= 4 is 11.6 Å². The van der Waals surface area contributed by atoms with E-state index < -0.39 is 0 Å². The van der Waals surface area contributed by atoms with Gasteiger partial charge >= 0.3 is 0 Å². The van der Waals surface area contributed by atoms with E-state index in [-0.39, 0.29) is 24.6 Å². The summed E-state index contributed by atoms with van der Waals surface area (Å²) in [5, 5.41) is 10.8. The second-order valence-corrected chi connectivity index (χ2v) is 4.34. The fraction of sp³-hybridized carbons (Fsp3) is 0.417. The molecule has 5 heteroatoms. The molecule has 92 valence electrons. The lowest BCUT2D eigenvalue weighted by molar-refractivity contribution is -0.119. The van der Waals surface area contributed by atoms with Gasteiger partial charge in [0.25, 0.3) is 0 Å². The molecule has 1 aromatic carbocycles. The molecular formula is C12H17N3O2. The Balaban J connectivity index is 2.15. The fourth-order valence-corrected chi connectivity index (χ4v) is 1.96. The summed E-state index contributed by atoms with van der Waals surface area (Å²) in [5.41, 5.74) is 10.3. The number of anilines is 1. The quantitative estimate of drug-likeness (QED) is 0.704. The maximum Gasteiger partial charge on any atom is 0.240 e. The van der Waals surface area contributed by atoms with Gasteiger partial charge in [-0.3, -0.25) is 15.2 Å². The Hall–Kier alpha value is -1.59. The molecule has 1 aliphatic rings. The molecule has 1 fully saturated rings. The zero-order valence-corrected chi connectivity index (χ0v) is 9.76. The van der Waals surface area contributed by atoms with E-state index in [2.05, 4.69) is 5.43 Å². The van der Waals surface area contributed by atoms with Crippen LogP contribution in [0.1, 0.15) is 24.9 Å². The largest absolute Gasteiger partial charge is 0.394 e. The summed E-state index contributed by atoms with van der Waals surface area (Å²) in [6.07, 6.45) is 0.512. The first-order valence-corrected chi connectivity index (χ1v) is 5.67. The Morgan fingerprint density at radius 1 is 1.53 bits per heavy atom. The number of nitrogens with one attached hydrogen (secondary N) is 1. The number of aliphatic hydroxyl groups excluding tert-OH is 1. The molecule has 1 saturated heterocycles. The molecule has 0 aliphatic carbocycles. The van der Waals surface area contributed by atoms with Gasteiger partial charge in [-0.1, -0.05) is 12.1 Å². The van der Waals surface area contributed by atoms with Crippen molar-refractivity contribution in [2.75, 3.05) is 11.6 Å². The van der Waals surface area contributed by atoms with Crippen LogP contribution in [-0.2, 0) is 4.79 Å². The standard InChI is InChI=1S/C12H17N3O2/c1-8-6-12(17)14-15(8)10-4-2-9(3-5-10)11(13)7-16/h2-5,8,11,16H,6-7,13H2,1H3,(H,14,17). The minimum atomic E-state index is -0.352. The summed E-state index contributed by atoms with van der Waals surface area (Å²) in [7, 11) is 0. The summed E-state index contributed by atoms with van der Waals surface area (Å²) in [6.45, 7) is 1.92. The second-order valence-electron chi connectivity index (χ2n) is 4.34. The average Bonchev–Trinajstić information content (AvgIpc) is 2.68. The van der Waals surface area contributed by atoms with Crippen molar-refractivity contribution in [3.63, 3.8) is 0 Å². The molecule has 0 radical (unpaired) electrons. The highest BCUT2D eigenvalue weighted by Crippen LogP contribution is 2.22. The molecule has 2 unspecified atom stereocenters. The van der Waals surface area contributed by atoms with E-state index in [1.807, 2.05) is 36.2 Å². The monoisotopic (exact) mass is 235 g/mol. The van der Waals surface area contributed by atoms with Crippen LogP contribution in [0.15, 0.2) is 24.3 Å². The molecule has 2 rings (SSSR count). The van der Waals surface area contributed by atoms with Crippen LogP contribution < -0.4 is 16.2 Å². The van der Waals surface area contributed by atoms with Crippen LogP contribution in [0.4, 0.5) is 5.69 Å². The molecule has 0 aromatic heterocycles. The lowest BCUT2D eigenvalue weighted by atomic mass is 10.1. The number of hydrazine groups is 1. The molecular weight excluding hydrogens is 218 g/mol. The molecule has 1 amide bonds. The number of hydrogen-bond acceptors (Lipinski definition) is 4. The van der Waals surface area contributed by atoms with Crippen molar-refractivity contribution in [3.05, 3.63) is 29.8 Å². The van der Waals surface area contributed by atoms with E-state index in [1.165, 1.54) is 0 Å². The third-order valence-electron chi connectivity index (χ3n) is 2.96. The van der Waals surface area contributed by atoms with Gasteiger partial charge in [-0.2, -0.15) is 0 Å². The van der Waals surface area contributed by atoms with E-state index >= 15 is 0 Å². The number of aliphatic hydroxyl groups is 1. The van der Waals surface area contributed by atoms with Crippen LogP contribution in [0.5, 0.6) is 0 Å². The van der Waals surface area contributed by atoms with Gasteiger partial charge < -0.3 is 10.8 Å². The Morgan fingerprint density at radius 2 is 2.18 bits per heavy atom. The summed E-state index contributed by atoms with van der Waals surface area (Å²) in [5.74, 6) is 0.0358. The van der Waals surface area contributed by atoms with Gasteiger partial charge in [0.1, 0.15) is 0 Å². The molecule has 0 spiro atoms. The lowest BCUT2D eigenvalue weighted by Crippen LogP contribution is -2.37. The average molecular weight is 235 g/mol. The predicted octanol–water partition coefficient (Wildman–Crippen LogP) is 0.308. The molecule has 1 heterocycles. The van der Waals surface area contributed by atoms with Gasteiger partial charge in [-0.05, 0) is 24.6 Å². The van der Waals surface area contributed by atoms with Crippen molar-refractivity contribution in [2.24, 2.45) is 5.73 Å². The van der Waals surface area contributed by atoms with Crippen LogP contribution in [0, 0.1) is 0 Å². The number of benzene rings is 1. The van der Waals surface area contributed by atoms with E-state index in [0.29, 0.717) is 6.42 Å². The van der Waals surface area contributed by atoms with Gasteiger partial charge in [0.2, 0.25) is 5.91 Å². The van der Waals surface area contributed by atoms with Gasteiger partial charge in [0, 0.05) is 0 Å². The summed E-state index contributed by atoms with van der Waals surface area (Å²) < 4.78 is 0. The highest BCUT2D eigenvalue weighted by Gasteiger charge is 2.26. The molecule has 4 N–H and O–H groups in total. The van der Waals surface area contributed by atoms with E-state index in [9.17, 15) is 4.79 Å². The Morgan fingerprint density at radius 3 is 2.65 bits per heavy atom. The number of hydrogen-bond donors (Lipinski definition) is 3. The first-order chi connectivity index (χ1) is 8.11. The fourth-order valence-electron chi connectivity index (χ4n) is 1.96. The number of carbonyl (C=O) groups is 1. The highest BCUT2D eigenvalue weighted by atomic mass is 16.3. The van der Waals surface area contributed by atoms with Crippen LogP contribution in [0.25, 0.3) is 0 Å². The van der Waals surface area contributed by atoms with Crippen molar-refractivity contribution in [3.8, 4) is 0 Å². The number of nitrogens with zero attached hydrogens (tertiary/aromatic N) is 1. The van der Waals surface area contributed by atoms with E-state index in [4.69, 9.17) is 10.8 Å².